The molecule has 2 heterocycles. The van der Waals surface area contributed by atoms with Gasteiger partial charge in [-0.2, -0.15) is 0 Å². The third kappa shape index (κ3) is 4.47. The van der Waals surface area contributed by atoms with E-state index in [1.54, 1.807) is 0 Å². The number of phenols is 1. The summed E-state index contributed by atoms with van der Waals surface area (Å²) in [5.41, 5.74) is 1.25. The van der Waals surface area contributed by atoms with Crippen LogP contribution in [0.3, 0.4) is 0 Å². The second-order valence-electron chi connectivity index (χ2n) is 13.1. The van der Waals surface area contributed by atoms with Crippen LogP contribution in [-0.2, 0) is 20.8 Å². The van der Waals surface area contributed by atoms with E-state index in [0.717, 1.165) is 6.42 Å². The number of primary amides is 1. The first kappa shape index (κ1) is 31.4. The number of likely N-dealkylation sites (N-methyl/N-ethyl adjacent to an activating group) is 1. The zero-order valence-electron chi connectivity index (χ0n) is 24.9. The number of carbonyl (C=O) groups excluding carboxylic acids is 3. The van der Waals surface area contributed by atoms with E-state index in [9.17, 15) is 43.6 Å². The van der Waals surface area contributed by atoms with Crippen molar-refractivity contribution in [1.82, 2.24) is 9.80 Å². The number of nitrogens with two attached hydrogens (primary N) is 1. The minimum Gasteiger partial charge on any atom is -0.508 e. The largest absolute Gasteiger partial charge is 0.508 e. The molecule has 1 saturated carbocycles. The first-order valence-electron chi connectivity index (χ1n) is 15.2. The number of hydrogen-bond acceptors (Lipinski definition) is 10. The Kier molecular flexibility index (Phi) is 7.68. The number of aliphatic hydroxyl groups excluding tert-OH is 2. The highest BCUT2D eigenvalue weighted by Crippen LogP contribution is 2.56. The molecule has 0 radical (unpaired) electrons. The van der Waals surface area contributed by atoms with E-state index in [-0.39, 0.29) is 53.1 Å². The Hall–Kier alpha value is -3.62. The van der Waals surface area contributed by atoms with E-state index < -0.39 is 82.1 Å². The van der Waals surface area contributed by atoms with Crippen LogP contribution in [0.25, 0.3) is 5.76 Å². The van der Waals surface area contributed by atoms with Gasteiger partial charge < -0.3 is 31.5 Å². The Morgan fingerprint density at radius 1 is 1.20 bits per heavy atom. The number of aromatic hydroxyl groups is 1. The quantitative estimate of drug-likeness (QED) is 0.148. The number of Topliss-reactive ketones (excluding diaryl/α,β-unsaturated/α-hetero) is 2. The molecule has 14 heteroatoms. The van der Waals surface area contributed by atoms with Crippen molar-refractivity contribution < 1.29 is 48.0 Å². The molecule has 6 rings (SSSR count). The molecule has 0 bridgehead atoms. The van der Waals surface area contributed by atoms with Crippen LogP contribution < -0.4 is 11.1 Å². The molecule has 1 aromatic rings. The molecule has 5 aliphatic rings. The molecule has 3 aliphatic carbocycles. The van der Waals surface area contributed by atoms with Gasteiger partial charge in [0, 0.05) is 41.6 Å². The summed E-state index contributed by atoms with van der Waals surface area (Å²) in [4.78, 5) is 42.9. The van der Waals surface area contributed by atoms with E-state index in [1.165, 1.54) is 19.0 Å². The topological polar surface area (TPSA) is 177 Å². The van der Waals surface area contributed by atoms with Crippen molar-refractivity contribution in [3.63, 3.8) is 0 Å². The van der Waals surface area contributed by atoms with Crippen LogP contribution >= 0.6 is 0 Å². The first-order valence-corrected chi connectivity index (χ1v) is 15.2. The molecule has 45 heavy (non-hydrogen) atoms. The van der Waals surface area contributed by atoms with Gasteiger partial charge in [-0.3, -0.25) is 24.2 Å². The number of halogens is 3. The lowest BCUT2D eigenvalue weighted by molar-refractivity contribution is -0.153. The number of hydrogen-bond donors (Lipinski definition) is 6. The molecule has 0 aromatic heterocycles. The maximum absolute atomic E-state index is 16.7. The summed E-state index contributed by atoms with van der Waals surface area (Å²) in [5.74, 6) is -8.63. The number of alkyl halides is 2. The van der Waals surface area contributed by atoms with Gasteiger partial charge in [0.1, 0.15) is 28.7 Å². The van der Waals surface area contributed by atoms with Crippen LogP contribution in [-0.4, -0.2) is 99.5 Å². The third-order valence-corrected chi connectivity index (χ3v) is 10.4. The monoisotopic (exact) mass is 634 g/mol. The molecular formula is C31H37F3N4O7. The van der Waals surface area contributed by atoms with Gasteiger partial charge in [-0.15, -0.1) is 0 Å². The smallest absolute Gasteiger partial charge is 0.255 e. The molecule has 11 nitrogen and oxygen atoms in total. The van der Waals surface area contributed by atoms with Crippen LogP contribution in [0.2, 0.25) is 0 Å². The van der Waals surface area contributed by atoms with Crippen molar-refractivity contribution in [2.75, 3.05) is 39.0 Å². The number of nitrogens with zero attached hydrogens (tertiary/aromatic N) is 2. The number of phenolic OH excluding ortho intramolecular Hbond substituents is 1. The second-order valence-corrected chi connectivity index (χ2v) is 13.1. The van der Waals surface area contributed by atoms with Crippen molar-refractivity contribution in [3.8, 4) is 5.75 Å². The average molecular weight is 635 g/mol. The maximum atomic E-state index is 16.7. The van der Waals surface area contributed by atoms with Crippen LogP contribution in [0.1, 0.15) is 54.8 Å². The summed E-state index contributed by atoms with van der Waals surface area (Å²) in [5, 5.41) is 48.8. The van der Waals surface area contributed by atoms with E-state index in [2.05, 4.69) is 5.32 Å². The molecule has 7 N–H and O–H groups in total. The van der Waals surface area contributed by atoms with Crippen molar-refractivity contribution in [2.45, 2.75) is 62.6 Å². The number of unbranched alkanes of at least 4 members (excludes halogenated alkanes) is 1. The summed E-state index contributed by atoms with van der Waals surface area (Å²) in [6.45, 7) is 1.49. The summed E-state index contributed by atoms with van der Waals surface area (Å²) >= 11 is 0. The normalized spacial score (nSPS) is 31.1. The number of fused-ring (bicyclic) bond motifs is 6. The number of aliphatic hydroxyl groups is 3. The highest BCUT2D eigenvalue weighted by Gasteiger charge is 2.64. The summed E-state index contributed by atoms with van der Waals surface area (Å²) in [6, 6.07) is -1.68. The highest BCUT2D eigenvalue weighted by molar-refractivity contribution is 6.24. The zero-order chi connectivity index (χ0) is 32.7. The molecule has 0 spiro atoms. The van der Waals surface area contributed by atoms with E-state index in [0.29, 0.717) is 32.5 Å². The fraction of sp³-hybridized carbons (Fsp3) is 0.581. The van der Waals surface area contributed by atoms with Gasteiger partial charge >= 0.3 is 0 Å². The van der Waals surface area contributed by atoms with Crippen LogP contribution in [0.5, 0.6) is 5.75 Å². The molecule has 244 valence electrons. The Morgan fingerprint density at radius 2 is 1.91 bits per heavy atom. The predicted molar refractivity (Wildman–Crippen MR) is 155 cm³/mol. The number of carbonyl (C=O) groups is 3. The van der Waals surface area contributed by atoms with Crippen LogP contribution in [0.15, 0.2) is 16.9 Å². The fourth-order valence-corrected chi connectivity index (χ4v) is 8.47. The number of benzene rings is 1. The van der Waals surface area contributed by atoms with Gasteiger partial charge in [0.15, 0.2) is 11.4 Å². The van der Waals surface area contributed by atoms with Gasteiger partial charge in [0.05, 0.1) is 17.3 Å². The van der Waals surface area contributed by atoms with Crippen LogP contribution in [0, 0.1) is 23.6 Å². The van der Waals surface area contributed by atoms with Gasteiger partial charge in [0.2, 0.25) is 12.2 Å². The number of rotatable bonds is 7. The lowest BCUT2D eigenvalue weighted by Gasteiger charge is -2.50. The minimum absolute atomic E-state index is 0.00239. The molecule has 1 saturated heterocycles. The summed E-state index contributed by atoms with van der Waals surface area (Å²) in [7, 11) is 3.00. The number of nitrogens with one attached hydrogen (secondary N) is 1. The second kappa shape index (κ2) is 11.0. The van der Waals surface area contributed by atoms with Crippen molar-refractivity contribution in [2.24, 2.45) is 23.5 Å². The average Bonchev–Trinajstić information content (AvgIpc) is 3.38. The van der Waals surface area contributed by atoms with Crippen LogP contribution in [0.4, 0.5) is 18.9 Å². The maximum Gasteiger partial charge on any atom is 0.255 e. The Labute approximate surface area is 257 Å². The number of amides is 1. The van der Waals surface area contributed by atoms with Gasteiger partial charge in [-0.05, 0) is 71.1 Å². The Balaban J connectivity index is 1.45. The molecule has 1 aromatic carbocycles. The molecular weight excluding hydrogens is 597 g/mol. The lowest BCUT2D eigenvalue weighted by Crippen LogP contribution is -2.65. The van der Waals surface area contributed by atoms with Gasteiger partial charge in [-0.25, -0.2) is 13.2 Å². The number of anilines is 1. The third-order valence-electron chi connectivity index (χ3n) is 10.4. The number of likely N-dealkylation sites (tertiary alicyclic amines) is 1. The Morgan fingerprint density at radius 3 is 2.56 bits per heavy atom. The molecule has 2 unspecified atom stereocenters. The standard InChI is InChI=1S/C31H37F3N4O7/c1-37(2)24-15-10-13-9-14-18(25(39)17(13)28(42)31(15,45)29(43)20(27(24)41)30(35)44)26(40)22-19(21(14)34)23-12(11-36-22)6-8-38(23)7-4-3-5-16(32)33/h12-13,15-16,23-24,36,39-40,43,45H,3-11H2,1-2H3,(H2,35,44)/t12?,13-,15-,23?,24-,31-/m0/s1. The van der Waals surface area contributed by atoms with E-state index in [4.69, 9.17) is 5.73 Å². The molecule has 2 fully saturated rings. The fourth-order valence-electron chi connectivity index (χ4n) is 8.47. The Bertz CT molecular complexity index is 1560. The highest BCUT2D eigenvalue weighted by atomic mass is 19.3. The lowest BCUT2D eigenvalue weighted by atomic mass is 9.57. The van der Waals surface area contributed by atoms with Crippen molar-refractivity contribution in [1.29, 1.82) is 0 Å². The minimum atomic E-state index is -2.78. The van der Waals surface area contributed by atoms with Gasteiger partial charge in [-0.1, -0.05) is 0 Å². The van der Waals surface area contributed by atoms with E-state index >= 15 is 4.39 Å². The van der Waals surface area contributed by atoms with E-state index in [1.807, 2.05) is 4.90 Å². The number of ketones is 2. The van der Waals surface area contributed by atoms with Crippen molar-refractivity contribution >= 4 is 28.9 Å². The van der Waals surface area contributed by atoms with Crippen molar-refractivity contribution in [3.05, 3.63) is 39.4 Å². The summed E-state index contributed by atoms with van der Waals surface area (Å²) in [6.07, 6.45) is -1.36. The first-order chi connectivity index (χ1) is 21.2. The predicted octanol–water partition coefficient (Wildman–Crippen LogP) is 2.33. The molecule has 1 amide bonds. The zero-order valence-corrected chi connectivity index (χ0v) is 24.9. The molecule has 6 atom stereocenters. The van der Waals surface area contributed by atoms with Gasteiger partial charge in [0.25, 0.3) is 5.91 Å². The molecule has 2 aliphatic heterocycles. The summed E-state index contributed by atoms with van der Waals surface area (Å²) < 4.78 is 42.1. The SMILES string of the molecule is CN(C)[C@@H]1C(=O)C(C(N)=O)=C(O)[C@@]2(O)C(=O)C3=C(O)c4c(O)c5c(c(F)c4C[C@H]3C[C@@H]12)C1C(CCN1CCCCC(F)F)CN5.